The molecule has 0 aliphatic carbocycles. The lowest BCUT2D eigenvalue weighted by Crippen LogP contribution is -2.46. The van der Waals surface area contributed by atoms with Crippen molar-refractivity contribution in [2.45, 2.75) is 45.6 Å². The van der Waals surface area contributed by atoms with E-state index in [0.29, 0.717) is 5.69 Å². The van der Waals surface area contributed by atoms with Gasteiger partial charge in [0.2, 0.25) is 0 Å². The van der Waals surface area contributed by atoms with Crippen LogP contribution in [0.5, 0.6) is 5.75 Å². The van der Waals surface area contributed by atoms with Gasteiger partial charge in [0.1, 0.15) is 5.75 Å². The van der Waals surface area contributed by atoms with Crippen molar-refractivity contribution in [1.82, 2.24) is 15.1 Å². The average Bonchev–Trinajstić information content (AvgIpc) is 3.00. The van der Waals surface area contributed by atoms with Gasteiger partial charge in [-0.1, -0.05) is 20.8 Å². The normalized spacial score (nSPS) is 12.1. The third-order valence-electron chi connectivity index (χ3n) is 3.87. The van der Waals surface area contributed by atoms with E-state index in [0.717, 1.165) is 17.1 Å². The first kappa shape index (κ1) is 19.0. The number of rotatable bonds is 5. The third kappa shape index (κ3) is 4.39. The SMILES string of the molecule is COc1ccc(-n2nc(C(=O)NC(C)(C)CO)cc2C(C)(C)C)cc1. The molecule has 0 radical (unpaired) electrons. The Hall–Kier alpha value is -2.34. The van der Waals surface area contributed by atoms with Crippen molar-refractivity contribution in [3.8, 4) is 11.4 Å². The van der Waals surface area contributed by atoms with E-state index in [-0.39, 0.29) is 17.9 Å². The monoisotopic (exact) mass is 345 g/mol. The second-order valence-electron chi connectivity index (χ2n) is 7.77. The number of carbonyl (C=O) groups excluding carboxylic acids is 1. The Morgan fingerprint density at radius 1 is 1.20 bits per heavy atom. The molecule has 1 amide bonds. The summed E-state index contributed by atoms with van der Waals surface area (Å²) in [4.78, 5) is 12.5. The average molecular weight is 345 g/mol. The zero-order valence-corrected chi connectivity index (χ0v) is 15.8. The van der Waals surface area contributed by atoms with E-state index in [1.54, 1.807) is 31.7 Å². The number of aromatic nitrogens is 2. The third-order valence-corrected chi connectivity index (χ3v) is 3.87. The van der Waals surface area contributed by atoms with Crippen LogP contribution in [0.3, 0.4) is 0 Å². The number of aliphatic hydroxyl groups is 1. The van der Waals surface area contributed by atoms with Crippen molar-refractivity contribution in [2.24, 2.45) is 0 Å². The van der Waals surface area contributed by atoms with Crippen molar-refractivity contribution in [2.75, 3.05) is 13.7 Å². The minimum atomic E-state index is -0.705. The highest BCUT2D eigenvalue weighted by molar-refractivity contribution is 5.93. The first-order valence-corrected chi connectivity index (χ1v) is 8.26. The summed E-state index contributed by atoms with van der Waals surface area (Å²) in [6.07, 6.45) is 0. The van der Waals surface area contributed by atoms with Crippen LogP contribution in [0.1, 0.15) is 50.8 Å². The van der Waals surface area contributed by atoms with Gasteiger partial charge in [0.05, 0.1) is 30.6 Å². The Balaban J connectivity index is 2.45. The zero-order valence-electron chi connectivity index (χ0n) is 15.8. The molecule has 2 aromatic rings. The summed E-state index contributed by atoms with van der Waals surface area (Å²) in [6.45, 7) is 9.59. The maximum atomic E-state index is 12.5. The number of nitrogens with zero attached hydrogens (tertiary/aromatic N) is 2. The zero-order chi connectivity index (χ0) is 18.8. The maximum Gasteiger partial charge on any atom is 0.272 e. The van der Waals surface area contributed by atoms with Gasteiger partial charge < -0.3 is 15.2 Å². The lowest BCUT2D eigenvalue weighted by Gasteiger charge is -2.22. The van der Waals surface area contributed by atoms with Crippen LogP contribution >= 0.6 is 0 Å². The van der Waals surface area contributed by atoms with Gasteiger partial charge in [-0.2, -0.15) is 5.10 Å². The largest absolute Gasteiger partial charge is 0.497 e. The van der Waals surface area contributed by atoms with Crippen LogP contribution in [-0.2, 0) is 5.41 Å². The molecule has 25 heavy (non-hydrogen) atoms. The van der Waals surface area contributed by atoms with E-state index in [1.165, 1.54) is 0 Å². The van der Waals surface area contributed by atoms with Gasteiger partial charge in [0, 0.05) is 5.41 Å². The molecule has 1 aromatic carbocycles. The molecule has 0 saturated carbocycles. The van der Waals surface area contributed by atoms with Crippen molar-refractivity contribution in [3.05, 3.63) is 41.7 Å². The maximum absolute atomic E-state index is 12.5. The number of benzene rings is 1. The van der Waals surface area contributed by atoms with Crippen molar-refractivity contribution in [1.29, 1.82) is 0 Å². The van der Waals surface area contributed by atoms with Crippen molar-refractivity contribution >= 4 is 5.91 Å². The van der Waals surface area contributed by atoms with Crippen LogP contribution < -0.4 is 10.1 Å². The number of aliphatic hydroxyl groups excluding tert-OH is 1. The molecule has 1 aromatic heterocycles. The molecule has 0 fully saturated rings. The van der Waals surface area contributed by atoms with Crippen LogP contribution in [0, 0.1) is 0 Å². The fraction of sp³-hybridized carbons (Fsp3) is 0.474. The molecule has 0 atom stereocenters. The Morgan fingerprint density at radius 2 is 1.80 bits per heavy atom. The number of amides is 1. The molecule has 0 aliphatic rings. The van der Waals surface area contributed by atoms with Crippen LogP contribution in [0.4, 0.5) is 0 Å². The highest BCUT2D eigenvalue weighted by atomic mass is 16.5. The van der Waals surface area contributed by atoms with E-state index < -0.39 is 5.54 Å². The van der Waals surface area contributed by atoms with Gasteiger partial charge in [-0.05, 0) is 44.2 Å². The number of methoxy groups -OCH3 is 1. The summed E-state index contributed by atoms with van der Waals surface area (Å²) >= 11 is 0. The van der Waals surface area contributed by atoms with Crippen LogP contribution in [0.2, 0.25) is 0 Å². The lowest BCUT2D eigenvalue weighted by atomic mass is 9.91. The summed E-state index contributed by atoms with van der Waals surface area (Å²) in [5, 5.41) is 16.7. The van der Waals surface area contributed by atoms with Gasteiger partial charge in [-0.3, -0.25) is 4.79 Å². The van der Waals surface area contributed by atoms with Crippen LogP contribution in [0.25, 0.3) is 5.69 Å². The highest BCUT2D eigenvalue weighted by Crippen LogP contribution is 2.27. The number of ether oxygens (including phenoxy) is 1. The van der Waals surface area contributed by atoms with E-state index in [2.05, 4.69) is 31.2 Å². The molecule has 2 rings (SSSR count). The standard InChI is InChI=1S/C19H27N3O3/c1-18(2,3)16-11-15(17(24)20-19(4,5)12-23)21-22(16)13-7-9-14(25-6)10-8-13/h7-11,23H,12H2,1-6H3,(H,20,24). The molecule has 1 heterocycles. The number of hydrogen-bond acceptors (Lipinski definition) is 4. The minimum Gasteiger partial charge on any atom is -0.497 e. The fourth-order valence-electron chi connectivity index (χ4n) is 2.36. The molecule has 136 valence electrons. The van der Waals surface area contributed by atoms with Crippen LogP contribution in [-0.4, -0.2) is 40.0 Å². The number of hydrogen-bond donors (Lipinski definition) is 2. The van der Waals surface area contributed by atoms with Crippen molar-refractivity contribution < 1.29 is 14.6 Å². The number of nitrogens with one attached hydrogen (secondary N) is 1. The Kier molecular flexibility index (Phi) is 5.23. The highest BCUT2D eigenvalue weighted by Gasteiger charge is 2.26. The van der Waals surface area contributed by atoms with Crippen LogP contribution in [0.15, 0.2) is 30.3 Å². The Bertz CT molecular complexity index is 740. The van der Waals surface area contributed by atoms with Crippen molar-refractivity contribution in [3.63, 3.8) is 0 Å². The molecular weight excluding hydrogens is 318 g/mol. The van der Waals surface area contributed by atoms with Gasteiger partial charge in [-0.15, -0.1) is 0 Å². The molecule has 0 aliphatic heterocycles. The summed E-state index contributed by atoms with van der Waals surface area (Å²) in [5.41, 5.74) is 1.19. The second-order valence-corrected chi connectivity index (χ2v) is 7.77. The van der Waals surface area contributed by atoms with E-state index >= 15 is 0 Å². The summed E-state index contributed by atoms with van der Waals surface area (Å²) < 4.78 is 6.97. The first-order chi connectivity index (χ1) is 11.6. The smallest absolute Gasteiger partial charge is 0.272 e. The van der Waals surface area contributed by atoms with E-state index in [1.807, 2.05) is 24.3 Å². The van der Waals surface area contributed by atoms with Gasteiger partial charge >= 0.3 is 0 Å². The molecule has 0 saturated heterocycles. The predicted molar refractivity (Wildman–Crippen MR) is 97.4 cm³/mol. The summed E-state index contributed by atoms with van der Waals surface area (Å²) in [5.74, 6) is 0.452. The van der Waals surface area contributed by atoms with Gasteiger partial charge in [-0.25, -0.2) is 4.68 Å². The topological polar surface area (TPSA) is 76.4 Å². The molecule has 6 heteroatoms. The second kappa shape index (κ2) is 6.88. The van der Waals surface area contributed by atoms with E-state index in [4.69, 9.17) is 4.74 Å². The minimum absolute atomic E-state index is 0.149. The molecule has 0 bridgehead atoms. The van der Waals surface area contributed by atoms with Gasteiger partial charge in [0.15, 0.2) is 5.69 Å². The van der Waals surface area contributed by atoms with Gasteiger partial charge in [0.25, 0.3) is 5.91 Å². The first-order valence-electron chi connectivity index (χ1n) is 8.26. The Morgan fingerprint density at radius 3 is 2.28 bits per heavy atom. The van der Waals surface area contributed by atoms with E-state index in [9.17, 15) is 9.90 Å². The quantitative estimate of drug-likeness (QED) is 0.873. The predicted octanol–water partition coefficient (Wildman–Crippen LogP) is 2.68. The molecular formula is C19H27N3O3. The summed E-state index contributed by atoms with van der Waals surface area (Å²) in [6, 6.07) is 9.32. The molecule has 0 spiro atoms. The Labute approximate surface area is 148 Å². The molecule has 6 nitrogen and oxygen atoms in total. The molecule has 2 N–H and O–H groups in total. The number of carbonyl (C=O) groups is 1. The summed E-state index contributed by atoms with van der Waals surface area (Å²) in [7, 11) is 1.62. The molecule has 0 unspecified atom stereocenters. The fourth-order valence-corrected chi connectivity index (χ4v) is 2.36. The lowest BCUT2D eigenvalue weighted by molar-refractivity contribution is 0.0864.